The van der Waals surface area contributed by atoms with Crippen molar-refractivity contribution >= 4 is 40.5 Å². The van der Waals surface area contributed by atoms with E-state index in [4.69, 9.17) is 9.52 Å². The van der Waals surface area contributed by atoms with Crippen LogP contribution in [0.15, 0.2) is 33.9 Å². The Morgan fingerprint density at radius 1 is 1.33 bits per heavy atom. The number of hydrogen-bond donors (Lipinski definition) is 2. The van der Waals surface area contributed by atoms with Crippen LogP contribution in [0.5, 0.6) is 0 Å². The van der Waals surface area contributed by atoms with E-state index in [1.54, 1.807) is 11.8 Å². The van der Waals surface area contributed by atoms with E-state index in [1.165, 1.54) is 11.8 Å². The first kappa shape index (κ1) is 16.2. The van der Waals surface area contributed by atoms with Crippen LogP contribution in [-0.4, -0.2) is 46.4 Å². The van der Waals surface area contributed by atoms with E-state index in [9.17, 15) is 4.79 Å². The summed E-state index contributed by atoms with van der Waals surface area (Å²) in [6.45, 7) is 0.865. The quantitative estimate of drug-likeness (QED) is 0.543. The van der Waals surface area contributed by atoms with Gasteiger partial charge >= 0.3 is 0 Å². The Kier molecular flexibility index (Phi) is 6.91. The van der Waals surface area contributed by atoms with Gasteiger partial charge in [-0.15, -0.1) is 0 Å². The van der Waals surface area contributed by atoms with Gasteiger partial charge in [0.25, 0.3) is 5.22 Å². The fourth-order valence-electron chi connectivity index (χ4n) is 1.62. The number of nitrogens with zero attached hydrogens (tertiary/aromatic N) is 1. The molecule has 21 heavy (non-hydrogen) atoms. The number of amides is 1. The molecule has 0 aliphatic carbocycles. The summed E-state index contributed by atoms with van der Waals surface area (Å²) in [4.78, 5) is 16.0. The van der Waals surface area contributed by atoms with Crippen LogP contribution in [-0.2, 0) is 4.79 Å². The number of thioether (sulfide) groups is 2. The van der Waals surface area contributed by atoms with Gasteiger partial charge in [0.1, 0.15) is 5.52 Å². The lowest BCUT2D eigenvalue weighted by Crippen LogP contribution is -2.27. The van der Waals surface area contributed by atoms with Crippen LogP contribution < -0.4 is 5.32 Å². The molecule has 1 heterocycles. The summed E-state index contributed by atoms with van der Waals surface area (Å²) in [7, 11) is 0. The zero-order valence-electron chi connectivity index (χ0n) is 11.6. The Bertz CT molecular complexity index is 541. The largest absolute Gasteiger partial charge is 0.431 e. The third-order valence-corrected chi connectivity index (χ3v) is 4.51. The SMILES string of the molecule is O=C(CSc1nc2ccccc2o1)NCCSCCCO. The van der Waals surface area contributed by atoms with Gasteiger partial charge in [0.2, 0.25) is 5.91 Å². The van der Waals surface area contributed by atoms with Crippen LogP contribution >= 0.6 is 23.5 Å². The van der Waals surface area contributed by atoms with Crippen molar-refractivity contribution in [3.05, 3.63) is 24.3 Å². The molecule has 1 amide bonds. The van der Waals surface area contributed by atoms with E-state index < -0.39 is 0 Å². The summed E-state index contributed by atoms with van der Waals surface area (Å²) in [5.74, 6) is 2.06. The molecule has 0 saturated heterocycles. The Morgan fingerprint density at radius 3 is 3.00 bits per heavy atom. The average molecular weight is 326 g/mol. The predicted octanol–water partition coefficient (Wildman–Crippen LogP) is 2.15. The monoisotopic (exact) mass is 326 g/mol. The van der Waals surface area contributed by atoms with Gasteiger partial charge in [-0.2, -0.15) is 11.8 Å². The maximum Gasteiger partial charge on any atom is 0.257 e. The zero-order chi connectivity index (χ0) is 14.9. The molecule has 2 N–H and O–H groups in total. The molecule has 0 spiro atoms. The van der Waals surface area contributed by atoms with E-state index >= 15 is 0 Å². The van der Waals surface area contributed by atoms with E-state index in [1.807, 2.05) is 24.3 Å². The molecular weight excluding hydrogens is 308 g/mol. The van der Waals surface area contributed by atoms with Gasteiger partial charge in [-0.3, -0.25) is 4.79 Å². The highest BCUT2D eigenvalue weighted by atomic mass is 32.2. The van der Waals surface area contributed by atoms with Crippen molar-refractivity contribution in [3.63, 3.8) is 0 Å². The summed E-state index contributed by atoms with van der Waals surface area (Å²) in [6.07, 6.45) is 0.798. The summed E-state index contributed by atoms with van der Waals surface area (Å²) in [5, 5.41) is 12.0. The number of fused-ring (bicyclic) bond motifs is 1. The Labute approximate surface area is 131 Å². The number of carbonyl (C=O) groups is 1. The third kappa shape index (κ3) is 5.61. The highest BCUT2D eigenvalue weighted by Gasteiger charge is 2.08. The fraction of sp³-hybridized carbons (Fsp3) is 0.429. The van der Waals surface area contributed by atoms with Crippen LogP contribution in [0, 0.1) is 0 Å². The van der Waals surface area contributed by atoms with E-state index in [2.05, 4.69) is 10.3 Å². The standard InChI is InChI=1S/C14H18N2O3S2/c17-7-3-8-20-9-6-15-13(18)10-21-14-16-11-4-1-2-5-12(11)19-14/h1-2,4-5,17H,3,6-10H2,(H,15,18). The molecular formula is C14H18N2O3S2. The average Bonchev–Trinajstić information content (AvgIpc) is 2.91. The molecule has 0 unspecified atom stereocenters. The van der Waals surface area contributed by atoms with Gasteiger partial charge in [0.15, 0.2) is 5.58 Å². The number of aromatic nitrogens is 1. The lowest BCUT2D eigenvalue weighted by atomic mass is 10.3. The summed E-state index contributed by atoms with van der Waals surface area (Å²) in [6, 6.07) is 7.53. The number of para-hydroxylation sites is 2. The van der Waals surface area contributed by atoms with E-state index in [0.717, 1.165) is 29.0 Å². The summed E-state index contributed by atoms with van der Waals surface area (Å²) in [5.41, 5.74) is 1.54. The molecule has 0 aliphatic heterocycles. The van der Waals surface area contributed by atoms with Crippen molar-refractivity contribution in [2.24, 2.45) is 0 Å². The molecule has 2 rings (SSSR count). The first-order chi connectivity index (χ1) is 10.3. The number of nitrogens with one attached hydrogen (secondary N) is 1. The van der Waals surface area contributed by atoms with Crippen LogP contribution in [0.2, 0.25) is 0 Å². The number of benzene rings is 1. The molecule has 1 aromatic carbocycles. The predicted molar refractivity (Wildman–Crippen MR) is 86.8 cm³/mol. The lowest BCUT2D eigenvalue weighted by Gasteiger charge is -2.03. The number of rotatable bonds is 9. The Balaban J connectivity index is 1.64. The summed E-state index contributed by atoms with van der Waals surface area (Å²) >= 11 is 3.02. The maximum atomic E-state index is 11.7. The molecule has 0 aliphatic rings. The zero-order valence-corrected chi connectivity index (χ0v) is 13.2. The maximum absolute atomic E-state index is 11.7. The molecule has 0 bridgehead atoms. The molecule has 0 saturated carbocycles. The fourth-order valence-corrected chi connectivity index (χ4v) is 3.07. The van der Waals surface area contributed by atoms with Gasteiger partial charge in [0, 0.05) is 18.9 Å². The van der Waals surface area contributed by atoms with Crippen LogP contribution in [0.3, 0.4) is 0 Å². The molecule has 0 fully saturated rings. The molecule has 7 heteroatoms. The second kappa shape index (κ2) is 8.96. The molecule has 114 valence electrons. The molecule has 0 radical (unpaired) electrons. The van der Waals surface area contributed by atoms with Crippen molar-refractivity contribution in [2.45, 2.75) is 11.6 Å². The topological polar surface area (TPSA) is 75.4 Å². The highest BCUT2D eigenvalue weighted by Crippen LogP contribution is 2.22. The number of aliphatic hydroxyl groups excluding tert-OH is 1. The Hall–Kier alpha value is -1.18. The van der Waals surface area contributed by atoms with Crippen LogP contribution in [0.4, 0.5) is 0 Å². The van der Waals surface area contributed by atoms with Gasteiger partial charge < -0.3 is 14.8 Å². The van der Waals surface area contributed by atoms with Crippen LogP contribution in [0.1, 0.15) is 6.42 Å². The number of hydrogen-bond acceptors (Lipinski definition) is 6. The first-order valence-corrected chi connectivity index (χ1v) is 8.87. The van der Waals surface area contributed by atoms with Gasteiger partial charge in [-0.1, -0.05) is 23.9 Å². The van der Waals surface area contributed by atoms with Crippen molar-refractivity contribution in [2.75, 3.05) is 30.4 Å². The van der Waals surface area contributed by atoms with E-state index in [-0.39, 0.29) is 12.5 Å². The first-order valence-electron chi connectivity index (χ1n) is 6.73. The third-order valence-electron chi connectivity index (χ3n) is 2.62. The van der Waals surface area contributed by atoms with Crippen molar-refractivity contribution < 1.29 is 14.3 Å². The number of carbonyl (C=O) groups excluding carboxylic acids is 1. The molecule has 0 atom stereocenters. The van der Waals surface area contributed by atoms with Crippen molar-refractivity contribution in [3.8, 4) is 0 Å². The smallest absolute Gasteiger partial charge is 0.257 e. The second-order valence-corrected chi connectivity index (χ2v) is 6.43. The normalized spacial score (nSPS) is 10.9. The Morgan fingerprint density at radius 2 is 2.19 bits per heavy atom. The highest BCUT2D eigenvalue weighted by molar-refractivity contribution is 7.99. The molecule has 2 aromatic rings. The van der Waals surface area contributed by atoms with Gasteiger partial charge in [-0.05, 0) is 24.3 Å². The van der Waals surface area contributed by atoms with Gasteiger partial charge in [0.05, 0.1) is 5.75 Å². The minimum atomic E-state index is -0.0231. The van der Waals surface area contributed by atoms with Crippen molar-refractivity contribution in [1.82, 2.24) is 10.3 Å². The van der Waals surface area contributed by atoms with Crippen molar-refractivity contribution in [1.29, 1.82) is 0 Å². The lowest BCUT2D eigenvalue weighted by molar-refractivity contribution is -0.118. The minimum Gasteiger partial charge on any atom is -0.431 e. The molecule has 1 aromatic heterocycles. The number of oxazole rings is 1. The molecule has 5 nitrogen and oxygen atoms in total. The second-order valence-electron chi connectivity index (χ2n) is 4.28. The summed E-state index contributed by atoms with van der Waals surface area (Å²) < 4.78 is 5.53. The van der Waals surface area contributed by atoms with Gasteiger partial charge in [-0.25, -0.2) is 4.98 Å². The minimum absolute atomic E-state index is 0.0231. The van der Waals surface area contributed by atoms with Crippen LogP contribution in [0.25, 0.3) is 11.1 Å². The number of aliphatic hydroxyl groups is 1. The van der Waals surface area contributed by atoms with E-state index in [0.29, 0.717) is 17.5 Å².